The van der Waals surface area contributed by atoms with Gasteiger partial charge in [0, 0.05) is 44.5 Å². The van der Waals surface area contributed by atoms with Crippen LogP contribution in [0.4, 0.5) is 5.82 Å². The first-order chi connectivity index (χ1) is 15.2. The molecule has 0 amide bonds. The highest BCUT2D eigenvalue weighted by Gasteiger charge is 2.22. The molecule has 1 aromatic carbocycles. The summed E-state index contributed by atoms with van der Waals surface area (Å²) in [7, 11) is 0. The molecule has 0 N–H and O–H groups in total. The molecule has 1 saturated heterocycles. The smallest absolute Gasteiger partial charge is 0.254 e. The van der Waals surface area contributed by atoms with Crippen molar-refractivity contribution in [2.24, 2.45) is 0 Å². The lowest BCUT2D eigenvalue weighted by atomic mass is 10.1. The van der Waals surface area contributed by atoms with Crippen LogP contribution in [0.3, 0.4) is 0 Å². The Bertz CT molecular complexity index is 1230. The number of furan rings is 1. The van der Waals surface area contributed by atoms with Gasteiger partial charge in [0.2, 0.25) is 12.6 Å². The van der Waals surface area contributed by atoms with Crippen molar-refractivity contribution >= 4 is 11.6 Å². The van der Waals surface area contributed by atoms with Gasteiger partial charge in [0.25, 0.3) is 5.78 Å². The fourth-order valence-corrected chi connectivity index (χ4v) is 4.14. The summed E-state index contributed by atoms with van der Waals surface area (Å²) in [5.41, 5.74) is 2.16. The number of anilines is 1. The van der Waals surface area contributed by atoms with E-state index >= 15 is 0 Å². The maximum Gasteiger partial charge on any atom is 0.254 e. The molecule has 0 bridgehead atoms. The predicted molar refractivity (Wildman–Crippen MR) is 113 cm³/mol. The van der Waals surface area contributed by atoms with E-state index in [1.165, 1.54) is 5.56 Å². The van der Waals surface area contributed by atoms with E-state index in [9.17, 15) is 0 Å². The fraction of sp³-hybridized carbons (Fsp3) is 0.318. The van der Waals surface area contributed by atoms with Crippen LogP contribution in [-0.4, -0.2) is 57.5 Å². The Morgan fingerprint density at radius 2 is 1.84 bits per heavy atom. The number of nitrogens with zero attached hydrogens (tertiary/aromatic N) is 6. The van der Waals surface area contributed by atoms with E-state index < -0.39 is 0 Å². The Balaban J connectivity index is 1.20. The zero-order valence-corrected chi connectivity index (χ0v) is 17.2. The van der Waals surface area contributed by atoms with E-state index in [2.05, 4.69) is 43.1 Å². The van der Waals surface area contributed by atoms with Gasteiger partial charge in [-0.05, 0) is 36.8 Å². The molecule has 0 saturated carbocycles. The molecule has 4 aromatic rings. The Morgan fingerprint density at radius 3 is 2.68 bits per heavy atom. The zero-order chi connectivity index (χ0) is 20.8. The standard InChI is InChI=1S/C22H22N6O3/c1-15-11-20(28-22(23-15)24-21(25-28)18-3-2-10-29-18)27-8-6-26(7-9-27)13-16-4-5-17-19(12-16)31-14-30-17/h2-5,10-12H,6-9,13-14H2,1H3. The van der Waals surface area contributed by atoms with Gasteiger partial charge in [0.15, 0.2) is 17.3 Å². The summed E-state index contributed by atoms with van der Waals surface area (Å²) in [5, 5.41) is 4.66. The molecule has 3 aromatic heterocycles. The monoisotopic (exact) mass is 418 g/mol. The average Bonchev–Trinajstić information content (AvgIpc) is 3.53. The first-order valence-electron chi connectivity index (χ1n) is 10.4. The van der Waals surface area contributed by atoms with Crippen LogP contribution in [0.25, 0.3) is 17.4 Å². The number of piperazine rings is 1. The largest absolute Gasteiger partial charge is 0.461 e. The molecule has 1 fully saturated rings. The van der Waals surface area contributed by atoms with Crippen molar-refractivity contribution in [2.75, 3.05) is 37.9 Å². The normalized spacial score (nSPS) is 16.4. The second-order valence-corrected chi connectivity index (χ2v) is 7.83. The van der Waals surface area contributed by atoms with Crippen molar-refractivity contribution in [3.8, 4) is 23.1 Å². The number of rotatable bonds is 4. The third kappa shape index (κ3) is 3.36. The van der Waals surface area contributed by atoms with Crippen LogP contribution in [0.2, 0.25) is 0 Å². The SMILES string of the molecule is Cc1cc(N2CCN(Cc3ccc4c(c3)OCO4)CC2)n2nc(-c3ccco3)nc2n1. The third-order valence-corrected chi connectivity index (χ3v) is 5.70. The van der Waals surface area contributed by atoms with Gasteiger partial charge in [-0.15, -0.1) is 5.10 Å². The van der Waals surface area contributed by atoms with Crippen LogP contribution in [-0.2, 0) is 6.54 Å². The molecule has 0 aliphatic carbocycles. The van der Waals surface area contributed by atoms with Gasteiger partial charge in [-0.25, -0.2) is 4.98 Å². The summed E-state index contributed by atoms with van der Waals surface area (Å²) < 4.78 is 18.2. The minimum atomic E-state index is 0.307. The summed E-state index contributed by atoms with van der Waals surface area (Å²) >= 11 is 0. The van der Waals surface area contributed by atoms with Crippen LogP contribution in [0, 0.1) is 6.92 Å². The van der Waals surface area contributed by atoms with Crippen molar-refractivity contribution in [1.29, 1.82) is 0 Å². The highest BCUT2D eigenvalue weighted by Crippen LogP contribution is 2.33. The highest BCUT2D eigenvalue weighted by atomic mass is 16.7. The first kappa shape index (κ1) is 18.2. The second kappa shape index (κ2) is 7.28. The van der Waals surface area contributed by atoms with Gasteiger partial charge in [-0.3, -0.25) is 4.90 Å². The van der Waals surface area contributed by atoms with E-state index in [1.54, 1.807) is 6.26 Å². The number of benzene rings is 1. The summed E-state index contributed by atoms with van der Waals surface area (Å²) in [5.74, 6) is 4.45. The molecule has 9 nitrogen and oxygen atoms in total. The van der Waals surface area contributed by atoms with Gasteiger partial charge in [-0.1, -0.05) is 6.07 Å². The summed E-state index contributed by atoms with van der Waals surface area (Å²) in [6, 6.07) is 11.9. The highest BCUT2D eigenvalue weighted by molar-refractivity contribution is 5.54. The Kier molecular flexibility index (Phi) is 4.27. The molecule has 2 aliphatic heterocycles. The van der Waals surface area contributed by atoms with Crippen LogP contribution in [0.15, 0.2) is 47.1 Å². The van der Waals surface area contributed by atoms with Crippen molar-refractivity contribution in [3.63, 3.8) is 0 Å². The molecule has 6 rings (SSSR count). The molecule has 2 aliphatic rings. The van der Waals surface area contributed by atoms with Gasteiger partial charge in [0.1, 0.15) is 5.82 Å². The molecule has 0 unspecified atom stereocenters. The van der Waals surface area contributed by atoms with E-state index in [0.717, 1.165) is 55.7 Å². The van der Waals surface area contributed by atoms with Gasteiger partial charge in [-0.2, -0.15) is 9.50 Å². The van der Waals surface area contributed by atoms with Crippen LogP contribution in [0.5, 0.6) is 11.5 Å². The Morgan fingerprint density at radius 1 is 0.968 bits per heavy atom. The van der Waals surface area contributed by atoms with Crippen molar-refractivity contribution in [3.05, 3.63) is 53.9 Å². The third-order valence-electron chi connectivity index (χ3n) is 5.70. The van der Waals surface area contributed by atoms with Crippen LogP contribution < -0.4 is 14.4 Å². The van der Waals surface area contributed by atoms with E-state index in [4.69, 9.17) is 13.9 Å². The predicted octanol–water partition coefficient (Wildman–Crippen LogP) is 2.74. The van der Waals surface area contributed by atoms with E-state index in [0.29, 0.717) is 24.2 Å². The number of ether oxygens (including phenoxy) is 2. The number of fused-ring (bicyclic) bond motifs is 2. The Hall–Kier alpha value is -3.59. The first-order valence-corrected chi connectivity index (χ1v) is 10.4. The minimum Gasteiger partial charge on any atom is -0.461 e. The summed E-state index contributed by atoms with van der Waals surface area (Å²) in [4.78, 5) is 13.9. The lowest BCUT2D eigenvalue weighted by Crippen LogP contribution is -2.46. The lowest BCUT2D eigenvalue weighted by Gasteiger charge is -2.36. The van der Waals surface area contributed by atoms with Crippen LogP contribution in [0.1, 0.15) is 11.3 Å². The average molecular weight is 418 g/mol. The minimum absolute atomic E-state index is 0.307. The van der Waals surface area contributed by atoms with Gasteiger partial charge in [0.05, 0.1) is 6.26 Å². The Labute approximate surface area is 178 Å². The number of aromatic nitrogens is 4. The molecule has 5 heterocycles. The van der Waals surface area contributed by atoms with Crippen LogP contribution >= 0.6 is 0 Å². The molecule has 9 heteroatoms. The quantitative estimate of drug-likeness (QED) is 0.501. The summed E-state index contributed by atoms with van der Waals surface area (Å²) in [6.07, 6.45) is 1.62. The van der Waals surface area contributed by atoms with E-state index in [-0.39, 0.29) is 0 Å². The van der Waals surface area contributed by atoms with Crippen molar-refractivity contribution < 1.29 is 13.9 Å². The van der Waals surface area contributed by atoms with Gasteiger partial charge < -0.3 is 18.8 Å². The topological polar surface area (TPSA) is 81.2 Å². The number of aryl methyl sites for hydroxylation is 1. The molecular formula is C22H22N6O3. The fourth-order valence-electron chi connectivity index (χ4n) is 4.14. The maximum atomic E-state index is 5.51. The molecule has 0 radical (unpaired) electrons. The molecular weight excluding hydrogens is 396 g/mol. The zero-order valence-electron chi connectivity index (χ0n) is 17.2. The maximum absolute atomic E-state index is 5.51. The van der Waals surface area contributed by atoms with E-state index in [1.807, 2.05) is 29.6 Å². The molecule has 31 heavy (non-hydrogen) atoms. The molecule has 0 atom stereocenters. The molecule has 158 valence electrons. The second-order valence-electron chi connectivity index (χ2n) is 7.83. The number of hydrogen-bond donors (Lipinski definition) is 0. The lowest BCUT2D eigenvalue weighted by molar-refractivity contribution is 0.174. The van der Waals surface area contributed by atoms with Crippen molar-refractivity contribution in [1.82, 2.24) is 24.5 Å². The summed E-state index contributed by atoms with van der Waals surface area (Å²) in [6.45, 7) is 6.90. The number of hydrogen-bond acceptors (Lipinski definition) is 8. The van der Waals surface area contributed by atoms with Gasteiger partial charge >= 0.3 is 0 Å². The van der Waals surface area contributed by atoms with Crippen molar-refractivity contribution in [2.45, 2.75) is 13.5 Å². The molecule has 0 spiro atoms.